The number of para-hydroxylation sites is 1. The number of carbonyl (C=O) groups is 1. The number of sulfonamides is 1. The smallest absolute Gasteiger partial charge is 0.321 e. The molecule has 1 unspecified atom stereocenters. The lowest BCUT2D eigenvalue weighted by molar-refractivity contribution is 0.157. The van der Waals surface area contributed by atoms with E-state index in [0.717, 1.165) is 6.07 Å². The Morgan fingerprint density at radius 1 is 1.12 bits per heavy atom. The standard InChI is InChI=1S/C18H20FN3O3S/c1-14-13-21(18(23)20-16-7-3-2-4-8-16)10-11-22(14)26(24,25)17-9-5-6-15(19)12-17/h2-9,12,14H,10-11,13H2,1H3,(H,20,23). The van der Waals surface area contributed by atoms with Crippen LogP contribution in [0.4, 0.5) is 14.9 Å². The predicted molar refractivity (Wildman–Crippen MR) is 96.8 cm³/mol. The van der Waals surface area contributed by atoms with Crippen molar-refractivity contribution < 1.29 is 17.6 Å². The van der Waals surface area contributed by atoms with Crippen LogP contribution in [0.1, 0.15) is 6.92 Å². The minimum atomic E-state index is -3.81. The molecule has 1 heterocycles. The second kappa shape index (κ2) is 7.43. The third kappa shape index (κ3) is 3.86. The molecule has 0 radical (unpaired) electrons. The first-order valence-corrected chi connectivity index (χ1v) is 9.70. The number of carbonyl (C=O) groups excluding carboxylic acids is 1. The van der Waals surface area contributed by atoms with E-state index in [-0.39, 0.29) is 30.6 Å². The summed E-state index contributed by atoms with van der Waals surface area (Å²) in [5.41, 5.74) is 0.681. The fourth-order valence-corrected chi connectivity index (χ4v) is 4.61. The van der Waals surface area contributed by atoms with Gasteiger partial charge in [0, 0.05) is 31.4 Å². The van der Waals surface area contributed by atoms with Crippen molar-refractivity contribution in [2.75, 3.05) is 25.0 Å². The molecule has 1 N–H and O–H groups in total. The van der Waals surface area contributed by atoms with E-state index in [2.05, 4.69) is 5.32 Å². The summed E-state index contributed by atoms with van der Waals surface area (Å²) in [5.74, 6) is -0.598. The van der Waals surface area contributed by atoms with Crippen molar-refractivity contribution in [2.24, 2.45) is 0 Å². The summed E-state index contributed by atoms with van der Waals surface area (Å²) in [6, 6.07) is 13.3. The van der Waals surface area contributed by atoms with Crippen LogP contribution in [-0.2, 0) is 10.0 Å². The minimum absolute atomic E-state index is 0.0773. The number of hydrogen-bond acceptors (Lipinski definition) is 3. The maximum Gasteiger partial charge on any atom is 0.321 e. The average Bonchev–Trinajstić information content (AvgIpc) is 2.62. The molecule has 0 saturated carbocycles. The highest BCUT2D eigenvalue weighted by atomic mass is 32.2. The van der Waals surface area contributed by atoms with Crippen molar-refractivity contribution in [1.29, 1.82) is 0 Å². The lowest BCUT2D eigenvalue weighted by Gasteiger charge is -2.38. The van der Waals surface area contributed by atoms with E-state index < -0.39 is 21.9 Å². The summed E-state index contributed by atoms with van der Waals surface area (Å²) < 4.78 is 40.2. The number of piperazine rings is 1. The SMILES string of the molecule is CC1CN(C(=O)Nc2ccccc2)CCN1S(=O)(=O)c1cccc(F)c1. The van der Waals surface area contributed by atoms with Crippen molar-refractivity contribution in [1.82, 2.24) is 9.21 Å². The maximum absolute atomic E-state index is 13.4. The highest BCUT2D eigenvalue weighted by Gasteiger charge is 2.35. The van der Waals surface area contributed by atoms with Crippen LogP contribution in [0.5, 0.6) is 0 Å². The lowest BCUT2D eigenvalue weighted by Crippen LogP contribution is -2.56. The van der Waals surface area contributed by atoms with Gasteiger partial charge in [0.05, 0.1) is 4.90 Å². The summed E-state index contributed by atoms with van der Waals surface area (Å²) in [5, 5.41) is 2.79. The van der Waals surface area contributed by atoms with E-state index in [1.807, 2.05) is 18.2 Å². The Morgan fingerprint density at radius 2 is 1.85 bits per heavy atom. The number of nitrogens with one attached hydrogen (secondary N) is 1. The number of hydrogen-bond donors (Lipinski definition) is 1. The molecule has 26 heavy (non-hydrogen) atoms. The normalized spacial score (nSPS) is 18.5. The van der Waals surface area contributed by atoms with E-state index in [1.165, 1.54) is 22.5 Å². The Morgan fingerprint density at radius 3 is 2.50 bits per heavy atom. The third-order valence-corrected chi connectivity index (χ3v) is 6.29. The molecule has 1 saturated heterocycles. The number of halogens is 1. The van der Waals surface area contributed by atoms with Gasteiger partial charge in [0.25, 0.3) is 0 Å². The highest BCUT2D eigenvalue weighted by molar-refractivity contribution is 7.89. The van der Waals surface area contributed by atoms with Gasteiger partial charge in [-0.1, -0.05) is 24.3 Å². The Balaban J connectivity index is 1.69. The molecule has 0 spiro atoms. The molecule has 8 heteroatoms. The molecule has 0 aliphatic carbocycles. The van der Waals surface area contributed by atoms with Crippen LogP contribution < -0.4 is 5.32 Å². The van der Waals surface area contributed by atoms with Crippen molar-refractivity contribution in [2.45, 2.75) is 17.9 Å². The number of rotatable bonds is 3. The van der Waals surface area contributed by atoms with Crippen LogP contribution in [0.15, 0.2) is 59.5 Å². The first-order valence-electron chi connectivity index (χ1n) is 8.26. The van der Waals surface area contributed by atoms with Gasteiger partial charge in [0.15, 0.2) is 0 Å². The molecule has 1 atom stereocenters. The molecule has 6 nitrogen and oxygen atoms in total. The third-order valence-electron chi connectivity index (χ3n) is 4.28. The van der Waals surface area contributed by atoms with E-state index in [4.69, 9.17) is 0 Å². The number of benzene rings is 2. The molecule has 0 aromatic heterocycles. The average molecular weight is 377 g/mol. The number of nitrogens with zero attached hydrogens (tertiary/aromatic N) is 2. The van der Waals surface area contributed by atoms with Gasteiger partial charge in [-0.15, -0.1) is 0 Å². The van der Waals surface area contributed by atoms with E-state index in [9.17, 15) is 17.6 Å². The highest BCUT2D eigenvalue weighted by Crippen LogP contribution is 2.22. The van der Waals surface area contributed by atoms with Gasteiger partial charge < -0.3 is 10.2 Å². The van der Waals surface area contributed by atoms with Gasteiger partial charge in [-0.2, -0.15) is 4.31 Å². The first kappa shape index (κ1) is 18.3. The maximum atomic E-state index is 13.4. The first-order chi connectivity index (χ1) is 12.4. The molecule has 0 bridgehead atoms. The monoisotopic (exact) mass is 377 g/mol. The number of amides is 2. The van der Waals surface area contributed by atoms with Gasteiger partial charge in [0.2, 0.25) is 10.0 Å². The zero-order chi connectivity index (χ0) is 18.7. The molecule has 2 aromatic rings. The van der Waals surface area contributed by atoms with Crippen LogP contribution in [0, 0.1) is 5.82 Å². The van der Waals surface area contributed by atoms with Crippen LogP contribution >= 0.6 is 0 Å². The largest absolute Gasteiger partial charge is 0.322 e. The Kier molecular flexibility index (Phi) is 5.24. The van der Waals surface area contributed by atoms with Crippen LogP contribution in [0.3, 0.4) is 0 Å². The van der Waals surface area contributed by atoms with Crippen LogP contribution in [-0.4, -0.2) is 49.3 Å². The van der Waals surface area contributed by atoms with Gasteiger partial charge in [-0.05, 0) is 37.3 Å². The Bertz CT molecular complexity index is 890. The predicted octanol–water partition coefficient (Wildman–Crippen LogP) is 2.75. The minimum Gasteiger partial charge on any atom is -0.322 e. The van der Waals surface area contributed by atoms with Gasteiger partial charge >= 0.3 is 6.03 Å². The molecule has 2 amide bonds. The Hall–Kier alpha value is -2.45. The molecule has 138 valence electrons. The zero-order valence-electron chi connectivity index (χ0n) is 14.3. The fourth-order valence-electron chi connectivity index (χ4n) is 2.97. The molecular formula is C18H20FN3O3S. The van der Waals surface area contributed by atoms with E-state index in [0.29, 0.717) is 5.69 Å². The van der Waals surface area contributed by atoms with Crippen molar-refractivity contribution >= 4 is 21.7 Å². The molecule has 1 fully saturated rings. The van der Waals surface area contributed by atoms with E-state index in [1.54, 1.807) is 24.0 Å². The van der Waals surface area contributed by atoms with Crippen LogP contribution in [0.25, 0.3) is 0 Å². The Labute approximate surface area is 152 Å². The summed E-state index contributed by atoms with van der Waals surface area (Å²) in [6.45, 7) is 2.41. The molecule has 1 aliphatic rings. The zero-order valence-corrected chi connectivity index (χ0v) is 15.1. The quantitative estimate of drug-likeness (QED) is 0.894. The number of anilines is 1. The summed E-state index contributed by atoms with van der Waals surface area (Å²) >= 11 is 0. The molecular weight excluding hydrogens is 357 g/mol. The fraction of sp³-hybridized carbons (Fsp3) is 0.278. The molecule has 3 rings (SSSR count). The molecule has 1 aliphatic heterocycles. The van der Waals surface area contributed by atoms with Gasteiger partial charge in [0.1, 0.15) is 5.82 Å². The second-order valence-electron chi connectivity index (χ2n) is 6.16. The topological polar surface area (TPSA) is 69.7 Å². The summed E-state index contributed by atoms with van der Waals surface area (Å²) in [6.07, 6.45) is 0. The molecule has 2 aromatic carbocycles. The number of urea groups is 1. The second-order valence-corrected chi connectivity index (χ2v) is 8.05. The van der Waals surface area contributed by atoms with Gasteiger partial charge in [-0.25, -0.2) is 17.6 Å². The lowest BCUT2D eigenvalue weighted by atomic mass is 10.2. The van der Waals surface area contributed by atoms with Gasteiger partial charge in [-0.3, -0.25) is 0 Å². The van der Waals surface area contributed by atoms with Crippen molar-refractivity contribution in [3.05, 3.63) is 60.4 Å². The van der Waals surface area contributed by atoms with Crippen LogP contribution in [0.2, 0.25) is 0 Å². The van der Waals surface area contributed by atoms with Crippen molar-refractivity contribution in [3.63, 3.8) is 0 Å². The summed E-state index contributed by atoms with van der Waals surface area (Å²) in [4.78, 5) is 13.9. The van der Waals surface area contributed by atoms with E-state index >= 15 is 0 Å². The summed E-state index contributed by atoms with van der Waals surface area (Å²) in [7, 11) is -3.81. The van der Waals surface area contributed by atoms with Crippen molar-refractivity contribution in [3.8, 4) is 0 Å².